The minimum atomic E-state index is -0.298. The van der Waals surface area contributed by atoms with Crippen molar-refractivity contribution in [1.82, 2.24) is 4.90 Å². The topological polar surface area (TPSA) is 82.4 Å². The molecule has 0 aliphatic carbocycles. The number of nitriles is 1. The Morgan fingerprint density at radius 3 is 2.68 bits per heavy atom. The predicted octanol–water partition coefficient (Wildman–Crippen LogP) is 4.21. The van der Waals surface area contributed by atoms with Crippen LogP contribution in [-0.4, -0.2) is 36.9 Å². The van der Waals surface area contributed by atoms with E-state index in [1.54, 1.807) is 42.3 Å². The van der Waals surface area contributed by atoms with Gasteiger partial charge in [-0.25, -0.2) is 0 Å². The third-order valence-electron chi connectivity index (χ3n) is 5.67. The van der Waals surface area contributed by atoms with Crippen molar-refractivity contribution in [2.45, 2.75) is 12.8 Å². The number of likely N-dealkylation sites (tertiary alicyclic amines) is 1. The van der Waals surface area contributed by atoms with Crippen molar-refractivity contribution < 1.29 is 14.3 Å². The summed E-state index contributed by atoms with van der Waals surface area (Å²) in [4.78, 5) is 27.9. The highest BCUT2D eigenvalue weighted by atomic mass is 16.5. The summed E-state index contributed by atoms with van der Waals surface area (Å²) in [5.74, 6) is 0.214. The molecular weight excluding hydrogens is 390 g/mol. The van der Waals surface area contributed by atoms with Gasteiger partial charge in [-0.05, 0) is 48.6 Å². The van der Waals surface area contributed by atoms with Gasteiger partial charge in [-0.1, -0.05) is 30.3 Å². The zero-order valence-corrected chi connectivity index (χ0v) is 17.3. The van der Waals surface area contributed by atoms with Gasteiger partial charge in [-0.15, -0.1) is 0 Å². The molecule has 156 valence electrons. The molecule has 0 bridgehead atoms. The number of nitrogens with zero attached hydrogens (tertiary/aromatic N) is 2. The number of hydrogen-bond acceptors (Lipinski definition) is 4. The summed E-state index contributed by atoms with van der Waals surface area (Å²) in [6, 6.07) is 20.2. The van der Waals surface area contributed by atoms with E-state index in [2.05, 4.69) is 11.4 Å². The molecule has 2 amide bonds. The zero-order valence-electron chi connectivity index (χ0n) is 17.3. The number of carbonyl (C=O) groups excluding carboxylic acids is 2. The Hall–Kier alpha value is -3.85. The molecule has 0 saturated carbocycles. The van der Waals surface area contributed by atoms with Crippen molar-refractivity contribution in [2.24, 2.45) is 5.92 Å². The van der Waals surface area contributed by atoms with Crippen molar-refractivity contribution in [2.75, 3.05) is 25.5 Å². The molecule has 0 radical (unpaired) electrons. The maximum absolute atomic E-state index is 13.3. The second-order valence-electron chi connectivity index (χ2n) is 7.63. The van der Waals surface area contributed by atoms with E-state index in [4.69, 9.17) is 10.00 Å². The summed E-state index contributed by atoms with van der Waals surface area (Å²) >= 11 is 0. The number of hydrogen-bond donors (Lipinski definition) is 1. The van der Waals surface area contributed by atoms with Gasteiger partial charge in [0.15, 0.2) is 0 Å². The number of fused-ring (bicyclic) bond motifs is 1. The van der Waals surface area contributed by atoms with Gasteiger partial charge < -0.3 is 15.0 Å². The fourth-order valence-electron chi connectivity index (χ4n) is 4.09. The maximum Gasteiger partial charge on any atom is 0.254 e. The molecule has 3 aromatic carbocycles. The first kappa shape index (κ1) is 20.4. The van der Waals surface area contributed by atoms with Gasteiger partial charge in [0.25, 0.3) is 5.91 Å². The molecule has 1 atom stereocenters. The van der Waals surface area contributed by atoms with E-state index in [9.17, 15) is 9.59 Å². The van der Waals surface area contributed by atoms with Crippen LogP contribution in [0.5, 0.6) is 5.75 Å². The summed E-state index contributed by atoms with van der Waals surface area (Å²) in [5.41, 5.74) is 1.69. The average Bonchev–Trinajstić information content (AvgIpc) is 2.83. The molecule has 0 spiro atoms. The molecule has 6 heteroatoms. The number of piperidine rings is 1. The third kappa shape index (κ3) is 4.22. The maximum atomic E-state index is 13.3. The lowest BCUT2D eigenvalue weighted by molar-refractivity contribution is -0.121. The van der Waals surface area contributed by atoms with Gasteiger partial charge in [-0.3, -0.25) is 9.59 Å². The standard InChI is InChI=1S/C25H23N3O3/c1-31-23-12-11-22(20-9-2-3-10-21(20)23)25(30)28-13-5-7-18(16-28)24(29)27-19-8-4-6-17(14-19)15-26/h2-4,6,8-12,14,18H,5,7,13,16H2,1H3,(H,27,29)/t18-/m1/s1. The van der Waals surface area contributed by atoms with E-state index < -0.39 is 0 Å². The van der Waals surface area contributed by atoms with Gasteiger partial charge in [0.1, 0.15) is 5.75 Å². The molecule has 1 aliphatic rings. The van der Waals surface area contributed by atoms with Crippen LogP contribution in [0.1, 0.15) is 28.8 Å². The van der Waals surface area contributed by atoms with Crippen molar-refractivity contribution in [3.05, 3.63) is 71.8 Å². The molecule has 1 aliphatic heterocycles. The van der Waals surface area contributed by atoms with E-state index in [1.807, 2.05) is 30.3 Å². The normalized spacial score (nSPS) is 15.9. The lowest BCUT2D eigenvalue weighted by Gasteiger charge is -2.32. The Bertz CT molecular complexity index is 1180. The van der Waals surface area contributed by atoms with Crippen LogP contribution in [0.25, 0.3) is 10.8 Å². The molecule has 0 unspecified atom stereocenters. The van der Waals surface area contributed by atoms with E-state index in [0.717, 1.165) is 29.4 Å². The molecule has 1 N–H and O–H groups in total. The summed E-state index contributed by atoms with van der Waals surface area (Å²) in [7, 11) is 1.61. The number of benzene rings is 3. The van der Waals surface area contributed by atoms with Crippen molar-refractivity contribution in [1.29, 1.82) is 5.26 Å². The summed E-state index contributed by atoms with van der Waals surface area (Å²) < 4.78 is 5.43. The molecule has 31 heavy (non-hydrogen) atoms. The molecule has 1 fully saturated rings. The van der Waals surface area contributed by atoms with Gasteiger partial charge >= 0.3 is 0 Å². The van der Waals surface area contributed by atoms with E-state index in [0.29, 0.717) is 29.9 Å². The molecule has 1 saturated heterocycles. The summed E-state index contributed by atoms with van der Waals surface area (Å²) in [6.07, 6.45) is 1.48. The quantitative estimate of drug-likeness (QED) is 0.695. The van der Waals surface area contributed by atoms with E-state index in [1.165, 1.54) is 0 Å². The number of amides is 2. The number of rotatable bonds is 4. The Kier molecular flexibility index (Phi) is 5.85. The van der Waals surface area contributed by atoms with Crippen molar-refractivity contribution >= 4 is 28.3 Å². The van der Waals surface area contributed by atoms with Gasteiger partial charge in [0.2, 0.25) is 5.91 Å². The lowest BCUT2D eigenvalue weighted by atomic mass is 9.95. The van der Waals surface area contributed by atoms with Crippen LogP contribution in [0, 0.1) is 17.2 Å². The number of anilines is 1. The van der Waals surface area contributed by atoms with Crippen LogP contribution < -0.4 is 10.1 Å². The lowest BCUT2D eigenvalue weighted by Crippen LogP contribution is -2.43. The molecule has 1 heterocycles. The van der Waals surface area contributed by atoms with Crippen LogP contribution >= 0.6 is 0 Å². The molecular formula is C25H23N3O3. The third-order valence-corrected chi connectivity index (χ3v) is 5.67. The predicted molar refractivity (Wildman–Crippen MR) is 119 cm³/mol. The molecule has 3 aromatic rings. The molecule has 4 rings (SSSR count). The smallest absolute Gasteiger partial charge is 0.254 e. The summed E-state index contributed by atoms with van der Waals surface area (Å²) in [6.45, 7) is 0.982. The van der Waals surface area contributed by atoms with Crippen LogP contribution in [-0.2, 0) is 4.79 Å². The van der Waals surface area contributed by atoms with Crippen LogP contribution in [0.2, 0.25) is 0 Å². The first-order valence-electron chi connectivity index (χ1n) is 10.3. The van der Waals surface area contributed by atoms with Crippen LogP contribution in [0.15, 0.2) is 60.7 Å². The number of methoxy groups -OCH3 is 1. The van der Waals surface area contributed by atoms with E-state index >= 15 is 0 Å². The minimum absolute atomic E-state index is 0.0807. The van der Waals surface area contributed by atoms with Gasteiger partial charge in [-0.2, -0.15) is 5.26 Å². The highest BCUT2D eigenvalue weighted by Crippen LogP contribution is 2.30. The second kappa shape index (κ2) is 8.88. The van der Waals surface area contributed by atoms with Gasteiger partial charge in [0, 0.05) is 29.7 Å². The highest BCUT2D eigenvalue weighted by Gasteiger charge is 2.29. The highest BCUT2D eigenvalue weighted by molar-refractivity contribution is 6.08. The SMILES string of the molecule is COc1ccc(C(=O)N2CCC[C@@H](C(=O)Nc3cccc(C#N)c3)C2)c2ccccc12. The Morgan fingerprint density at radius 2 is 1.90 bits per heavy atom. The Morgan fingerprint density at radius 1 is 1.10 bits per heavy atom. The Balaban J connectivity index is 1.52. The summed E-state index contributed by atoms with van der Waals surface area (Å²) in [5, 5.41) is 13.7. The van der Waals surface area contributed by atoms with Crippen LogP contribution in [0.4, 0.5) is 5.69 Å². The average molecular weight is 413 g/mol. The number of carbonyl (C=O) groups is 2. The minimum Gasteiger partial charge on any atom is -0.496 e. The monoisotopic (exact) mass is 413 g/mol. The first-order chi connectivity index (χ1) is 15.1. The molecule has 6 nitrogen and oxygen atoms in total. The second-order valence-corrected chi connectivity index (χ2v) is 7.63. The number of ether oxygens (including phenoxy) is 1. The van der Waals surface area contributed by atoms with Crippen molar-refractivity contribution in [3.8, 4) is 11.8 Å². The molecule has 0 aromatic heterocycles. The zero-order chi connectivity index (χ0) is 21.8. The number of nitrogens with one attached hydrogen (secondary N) is 1. The van der Waals surface area contributed by atoms with Crippen LogP contribution in [0.3, 0.4) is 0 Å². The van der Waals surface area contributed by atoms with Gasteiger partial charge in [0.05, 0.1) is 24.7 Å². The fraction of sp³-hybridized carbons (Fsp3) is 0.240. The largest absolute Gasteiger partial charge is 0.496 e. The van der Waals surface area contributed by atoms with E-state index in [-0.39, 0.29) is 17.7 Å². The first-order valence-corrected chi connectivity index (χ1v) is 10.3. The fourth-order valence-corrected chi connectivity index (χ4v) is 4.09. The Labute approximate surface area is 181 Å². The van der Waals surface area contributed by atoms with Crippen molar-refractivity contribution in [3.63, 3.8) is 0 Å².